The van der Waals surface area contributed by atoms with Crippen molar-refractivity contribution >= 4 is 17.3 Å². The number of nitrogens with zero attached hydrogens (tertiary/aromatic N) is 2. The van der Waals surface area contributed by atoms with Crippen LogP contribution in [-0.2, 0) is 0 Å². The normalized spacial score (nSPS) is 11.2. The highest BCUT2D eigenvalue weighted by Crippen LogP contribution is 2.18. The molecule has 0 bridgehead atoms. The lowest BCUT2D eigenvalue weighted by atomic mass is 10.1. The highest BCUT2D eigenvalue weighted by atomic mass is 16.1. The largest absolute Gasteiger partial charge is 0.355 e. The van der Waals surface area contributed by atoms with Crippen LogP contribution in [0.25, 0.3) is 0 Å². The second-order valence-electron chi connectivity index (χ2n) is 5.85. The van der Waals surface area contributed by atoms with Crippen LogP contribution in [0.15, 0.2) is 72.9 Å². The smallest absolute Gasteiger partial charge is 0.270 e. The average molecular weight is 342 g/mol. The topological polar surface area (TPSA) is 77.8 Å². The van der Waals surface area contributed by atoms with Crippen LogP contribution < -0.4 is 10.6 Å². The zero-order valence-corrected chi connectivity index (χ0v) is 14.3. The van der Waals surface area contributed by atoms with E-state index in [0.29, 0.717) is 11.3 Å². The van der Waals surface area contributed by atoms with Crippen molar-refractivity contribution in [3.8, 4) is 6.07 Å². The third kappa shape index (κ3) is 4.25. The summed E-state index contributed by atoms with van der Waals surface area (Å²) in [5.74, 6) is -0.240. The second-order valence-corrected chi connectivity index (χ2v) is 5.85. The van der Waals surface area contributed by atoms with Crippen molar-refractivity contribution in [2.75, 3.05) is 5.32 Å². The van der Waals surface area contributed by atoms with E-state index >= 15 is 0 Å². The van der Waals surface area contributed by atoms with Crippen LogP contribution in [-0.4, -0.2) is 10.9 Å². The van der Waals surface area contributed by atoms with Gasteiger partial charge in [0.1, 0.15) is 5.69 Å². The highest BCUT2D eigenvalue weighted by molar-refractivity contribution is 5.93. The predicted molar refractivity (Wildman–Crippen MR) is 101 cm³/mol. The molecule has 128 valence electrons. The monoisotopic (exact) mass is 342 g/mol. The number of hydrogen-bond donors (Lipinski definition) is 2. The lowest BCUT2D eigenvalue weighted by Gasteiger charge is -2.14. The fraction of sp³-hybridized carbons (Fsp3) is 0.0952. The molecule has 3 rings (SSSR count). The first-order chi connectivity index (χ1) is 12.7. The molecule has 5 heteroatoms. The average Bonchev–Trinajstić information content (AvgIpc) is 2.69. The summed E-state index contributed by atoms with van der Waals surface area (Å²) in [6.07, 6.45) is 1.58. The van der Waals surface area contributed by atoms with Gasteiger partial charge in [-0.1, -0.05) is 36.4 Å². The summed E-state index contributed by atoms with van der Waals surface area (Å²) in [5.41, 5.74) is 3.43. The molecular formula is C21H18N4O. The summed E-state index contributed by atoms with van der Waals surface area (Å²) in [7, 11) is 0. The van der Waals surface area contributed by atoms with E-state index in [2.05, 4.69) is 21.7 Å². The Kier molecular flexibility index (Phi) is 5.25. The molecule has 1 amide bonds. The van der Waals surface area contributed by atoms with E-state index in [-0.39, 0.29) is 11.9 Å². The number of nitriles is 1. The molecule has 1 unspecified atom stereocenters. The number of hydrogen-bond acceptors (Lipinski definition) is 4. The number of anilines is 2. The van der Waals surface area contributed by atoms with Crippen LogP contribution in [0.1, 0.15) is 34.6 Å². The van der Waals surface area contributed by atoms with Crippen LogP contribution in [0.5, 0.6) is 0 Å². The number of nitrogens with one attached hydrogen (secondary N) is 2. The maximum atomic E-state index is 12.5. The molecule has 3 aromatic rings. The molecule has 0 spiro atoms. The second kappa shape index (κ2) is 7.95. The van der Waals surface area contributed by atoms with Crippen LogP contribution in [0, 0.1) is 11.3 Å². The molecule has 1 atom stereocenters. The molecule has 2 N–H and O–H groups in total. The highest BCUT2D eigenvalue weighted by Gasteiger charge is 2.13. The maximum absolute atomic E-state index is 12.5. The fourth-order valence-corrected chi connectivity index (χ4v) is 2.56. The van der Waals surface area contributed by atoms with Gasteiger partial charge < -0.3 is 10.6 Å². The quantitative estimate of drug-likeness (QED) is 0.729. The van der Waals surface area contributed by atoms with Crippen LogP contribution in [0.2, 0.25) is 0 Å². The summed E-state index contributed by atoms with van der Waals surface area (Å²) in [5, 5.41) is 15.1. The number of aromatic nitrogens is 1. The van der Waals surface area contributed by atoms with Gasteiger partial charge in [0.05, 0.1) is 17.7 Å². The van der Waals surface area contributed by atoms with E-state index in [1.54, 1.807) is 36.5 Å². The molecule has 0 saturated carbocycles. The standard InChI is InChI=1S/C21H18N4O/c1-15(17-7-3-2-4-8-17)24-21(26)20-13-19(10-11-23-20)25-18-9-5-6-16(12-18)14-22/h2-13,15H,1H3,(H,23,25)(H,24,26). The molecule has 0 aliphatic carbocycles. The predicted octanol–water partition coefficient (Wildman–Crippen LogP) is 4.19. The summed E-state index contributed by atoms with van der Waals surface area (Å²) in [4.78, 5) is 16.6. The van der Waals surface area contributed by atoms with Crippen molar-refractivity contribution in [1.82, 2.24) is 10.3 Å². The Balaban J connectivity index is 1.72. The van der Waals surface area contributed by atoms with Gasteiger partial charge in [0, 0.05) is 17.6 Å². The van der Waals surface area contributed by atoms with Gasteiger partial charge in [0.15, 0.2) is 0 Å². The molecular weight excluding hydrogens is 324 g/mol. The molecule has 2 aromatic carbocycles. The van der Waals surface area contributed by atoms with Crippen LogP contribution in [0.3, 0.4) is 0 Å². The molecule has 1 aromatic heterocycles. The Bertz CT molecular complexity index is 947. The van der Waals surface area contributed by atoms with Crippen molar-refractivity contribution in [3.05, 3.63) is 89.7 Å². The molecule has 1 heterocycles. The number of rotatable bonds is 5. The van der Waals surface area contributed by atoms with Gasteiger partial charge >= 0.3 is 0 Å². The van der Waals surface area contributed by atoms with E-state index in [1.807, 2.05) is 43.3 Å². The van der Waals surface area contributed by atoms with Crippen molar-refractivity contribution < 1.29 is 4.79 Å². The Morgan fingerprint density at radius 3 is 2.58 bits per heavy atom. The van der Waals surface area contributed by atoms with Gasteiger partial charge in [-0.25, -0.2) is 0 Å². The third-order valence-electron chi connectivity index (χ3n) is 3.92. The van der Waals surface area contributed by atoms with Gasteiger partial charge in [-0.2, -0.15) is 5.26 Å². The van der Waals surface area contributed by atoms with Gasteiger partial charge in [-0.15, -0.1) is 0 Å². The zero-order chi connectivity index (χ0) is 18.4. The minimum Gasteiger partial charge on any atom is -0.355 e. The first-order valence-electron chi connectivity index (χ1n) is 8.25. The molecule has 0 aliphatic heterocycles. The van der Waals surface area contributed by atoms with Crippen LogP contribution in [0.4, 0.5) is 11.4 Å². The molecule has 0 saturated heterocycles. The van der Waals surface area contributed by atoms with Crippen molar-refractivity contribution in [2.45, 2.75) is 13.0 Å². The van der Waals surface area contributed by atoms with Gasteiger partial charge in [0.25, 0.3) is 5.91 Å². The lowest BCUT2D eigenvalue weighted by Crippen LogP contribution is -2.27. The Hall–Kier alpha value is -3.65. The Morgan fingerprint density at radius 1 is 1.04 bits per heavy atom. The number of pyridine rings is 1. The molecule has 0 radical (unpaired) electrons. The number of carbonyl (C=O) groups is 1. The molecule has 5 nitrogen and oxygen atoms in total. The first-order valence-corrected chi connectivity index (χ1v) is 8.25. The maximum Gasteiger partial charge on any atom is 0.270 e. The number of carbonyl (C=O) groups excluding carboxylic acids is 1. The fourth-order valence-electron chi connectivity index (χ4n) is 2.56. The van der Waals surface area contributed by atoms with E-state index in [0.717, 1.165) is 16.9 Å². The van der Waals surface area contributed by atoms with E-state index < -0.39 is 0 Å². The minimum atomic E-state index is -0.240. The van der Waals surface area contributed by atoms with Crippen molar-refractivity contribution in [2.24, 2.45) is 0 Å². The van der Waals surface area contributed by atoms with E-state index in [1.165, 1.54) is 0 Å². The third-order valence-corrected chi connectivity index (χ3v) is 3.92. The van der Waals surface area contributed by atoms with E-state index in [4.69, 9.17) is 5.26 Å². The molecule has 26 heavy (non-hydrogen) atoms. The SMILES string of the molecule is CC(NC(=O)c1cc(Nc2cccc(C#N)c2)ccn1)c1ccccc1. The van der Waals surface area contributed by atoms with E-state index in [9.17, 15) is 4.79 Å². The summed E-state index contributed by atoms with van der Waals surface area (Å²) in [6.45, 7) is 1.93. The summed E-state index contributed by atoms with van der Waals surface area (Å²) < 4.78 is 0. The van der Waals surface area contributed by atoms with Crippen LogP contribution >= 0.6 is 0 Å². The summed E-state index contributed by atoms with van der Waals surface area (Å²) in [6, 6.07) is 22.4. The van der Waals surface area contributed by atoms with Gasteiger partial charge in [-0.3, -0.25) is 9.78 Å². The summed E-state index contributed by atoms with van der Waals surface area (Å²) >= 11 is 0. The van der Waals surface area contributed by atoms with Crippen molar-refractivity contribution in [3.63, 3.8) is 0 Å². The van der Waals surface area contributed by atoms with Gasteiger partial charge in [0.2, 0.25) is 0 Å². The first kappa shape index (κ1) is 17.2. The van der Waals surface area contributed by atoms with Crippen molar-refractivity contribution in [1.29, 1.82) is 5.26 Å². The molecule has 0 aliphatic rings. The Labute approximate surface area is 152 Å². The number of benzene rings is 2. The zero-order valence-electron chi connectivity index (χ0n) is 14.3. The minimum absolute atomic E-state index is 0.116. The molecule has 0 fully saturated rings. The number of amides is 1. The lowest BCUT2D eigenvalue weighted by molar-refractivity contribution is 0.0935. The Morgan fingerprint density at radius 2 is 1.81 bits per heavy atom. The van der Waals surface area contributed by atoms with Gasteiger partial charge in [-0.05, 0) is 42.8 Å².